The SMILES string of the molecule is CN=C(NCC1CCCOC1c1ccc(C)cc1)NC1CCCC(C(F)(F)F)C1. The van der Waals surface area contributed by atoms with Crippen molar-refractivity contribution >= 4 is 5.96 Å². The Labute approximate surface area is 171 Å². The zero-order valence-corrected chi connectivity index (χ0v) is 17.3. The standard InChI is InChI=1S/C22H32F3N3O/c1-15-8-10-16(11-9-15)20-17(5-4-12-29-20)14-27-21(26-2)28-19-7-3-6-18(13-19)22(23,24)25/h8-11,17-20H,3-7,12-14H2,1-2H3,(H2,26,27,28). The van der Waals surface area contributed by atoms with Crippen molar-refractivity contribution in [3.05, 3.63) is 35.4 Å². The maximum atomic E-state index is 13.1. The number of halogens is 3. The summed E-state index contributed by atoms with van der Waals surface area (Å²) in [6.07, 6.45) is -0.360. The highest BCUT2D eigenvalue weighted by Gasteiger charge is 2.42. The molecule has 0 spiro atoms. The summed E-state index contributed by atoms with van der Waals surface area (Å²) in [5, 5.41) is 6.54. The van der Waals surface area contributed by atoms with Crippen LogP contribution in [0.3, 0.4) is 0 Å². The minimum Gasteiger partial charge on any atom is -0.373 e. The average Bonchev–Trinajstić information content (AvgIpc) is 2.71. The summed E-state index contributed by atoms with van der Waals surface area (Å²) in [4.78, 5) is 4.24. The molecule has 1 heterocycles. The fraction of sp³-hybridized carbons (Fsp3) is 0.682. The number of aliphatic imine (C=N–C) groups is 1. The molecule has 1 aliphatic heterocycles. The van der Waals surface area contributed by atoms with Crippen molar-refractivity contribution in [2.75, 3.05) is 20.2 Å². The highest BCUT2D eigenvalue weighted by Crippen LogP contribution is 2.37. The normalized spacial score (nSPS) is 28.8. The van der Waals surface area contributed by atoms with Gasteiger partial charge in [0.15, 0.2) is 5.96 Å². The Morgan fingerprint density at radius 3 is 2.59 bits per heavy atom. The van der Waals surface area contributed by atoms with Crippen LogP contribution in [0, 0.1) is 18.8 Å². The number of rotatable bonds is 4. The third-order valence-corrected chi connectivity index (χ3v) is 6.08. The summed E-state index contributed by atoms with van der Waals surface area (Å²) in [7, 11) is 1.66. The van der Waals surface area contributed by atoms with E-state index in [0.29, 0.717) is 24.8 Å². The van der Waals surface area contributed by atoms with Crippen LogP contribution in [0.4, 0.5) is 13.2 Å². The second-order valence-corrected chi connectivity index (χ2v) is 8.30. The Bertz CT molecular complexity index is 675. The molecule has 0 radical (unpaired) electrons. The number of hydrogen-bond donors (Lipinski definition) is 2. The Morgan fingerprint density at radius 2 is 1.90 bits per heavy atom. The molecule has 162 valence electrons. The molecule has 29 heavy (non-hydrogen) atoms. The van der Waals surface area contributed by atoms with E-state index in [1.165, 1.54) is 11.1 Å². The van der Waals surface area contributed by atoms with Crippen LogP contribution in [-0.2, 0) is 4.74 Å². The lowest BCUT2D eigenvalue weighted by Gasteiger charge is -2.34. The molecular formula is C22H32F3N3O. The third-order valence-electron chi connectivity index (χ3n) is 6.08. The summed E-state index contributed by atoms with van der Waals surface area (Å²) in [5.41, 5.74) is 2.39. The maximum Gasteiger partial charge on any atom is 0.391 e. The molecule has 0 amide bonds. The van der Waals surface area contributed by atoms with Gasteiger partial charge in [-0.3, -0.25) is 4.99 Å². The van der Waals surface area contributed by atoms with Crippen molar-refractivity contribution in [1.82, 2.24) is 10.6 Å². The van der Waals surface area contributed by atoms with E-state index in [1.807, 2.05) is 0 Å². The minimum absolute atomic E-state index is 0.0271. The lowest BCUT2D eigenvalue weighted by Crippen LogP contribution is -2.48. The highest BCUT2D eigenvalue weighted by molar-refractivity contribution is 5.80. The fourth-order valence-corrected chi connectivity index (χ4v) is 4.41. The lowest BCUT2D eigenvalue weighted by atomic mass is 9.85. The van der Waals surface area contributed by atoms with Crippen LogP contribution in [0.5, 0.6) is 0 Å². The number of ether oxygens (including phenoxy) is 1. The van der Waals surface area contributed by atoms with Gasteiger partial charge in [0, 0.05) is 32.2 Å². The number of alkyl halides is 3. The van der Waals surface area contributed by atoms with Gasteiger partial charge in [-0.15, -0.1) is 0 Å². The van der Waals surface area contributed by atoms with E-state index in [1.54, 1.807) is 7.05 Å². The van der Waals surface area contributed by atoms with Crippen LogP contribution in [0.1, 0.15) is 55.8 Å². The van der Waals surface area contributed by atoms with E-state index in [0.717, 1.165) is 25.9 Å². The van der Waals surface area contributed by atoms with Gasteiger partial charge in [0.05, 0.1) is 12.0 Å². The van der Waals surface area contributed by atoms with Crippen LogP contribution >= 0.6 is 0 Å². The molecule has 1 aromatic rings. The number of aryl methyl sites for hydroxylation is 1. The molecule has 2 N–H and O–H groups in total. The van der Waals surface area contributed by atoms with Crippen molar-refractivity contribution in [3.8, 4) is 0 Å². The van der Waals surface area contributed by atoms with E-state index >= 15 is 0 Å². The number of nitrogens with one attached hydrogen (secondary N) is 2. The molecule has 3 rings (SSSR count). The molecule has 2 aliphatic rings. The van der Waals surface area contributed by atoms with E-state index < -0.39 is 12.1 Å². The third kappa shape index (κ3) is 6.11. The van der Waals surface area contributed by atoms with Crippen molar-refractivity contribution in [2.24, 2.45) is 16.8 Å². The van der Waals surface area contributed by atoms with Crippen LogP contribution in [0.15, 0.2) is 29.3 Å². The van der Waals surface area contributed by atoms with Gasteiger partial charge < -0.3 is 15.4 Å². The van der Waals surface area contributed by atoms with Crippen LogP contribution in [0.2, 0.25) is 0 Å². The number of hydrogen-bond acceptors (Lipinski definition) is 2. The summed E-state index contributed by atoms with van der Waals surface area (Å²) in [6.45, 7) is 3.49. The number of guanidine groups is 1. The van der Waals surface area contributed by atoms with Gasteiger partial charge >= 0.3 is 6.18 Å². The zero-order chi connectivity index (χ0) is 20.9. The lowest BCUT2D eigenvalue weighted by molar-refractivity contribution is -0.183. The molecule has 4 unspecified atom stereocenters. The average molecular weight is 412 g/mol. The predicted molar refractivity (Wildman–Crippen MR) is 109 cm³/mol. The summed E-state index contributed by atoms with van der Waals surface area (Å²) >= 11 is 0. The van der Waals surface area contributed by atoms with Crippen LogP contribution in [0.25, 0.3) is 0 Å². The highest BCUT2D eigenvalue weighted by atomic mass is 19.4. The zero-order valence-electron chi connectivity index (χ0n) is 17.3. The number of benzene rings is 1. The molecule has 1 saturated heterocycles. The first kappa shape index (κ1) is 21.9. The topological polar surface area (TPSA) is 45.7 Å². The molecule has 1 saturated carbocycles. The second kappa shape index (κ2) is 9.83. The molecule has 2 fully saturated rings. The van der Waals surface area contributed by atoms with E-state index in [-0.39, 0.29) is 25.0 Å². The largest absolute Gasteiger partial charge is 0.391 e. The summed E-state index contributed by atoms with van der Waals surface area (Å²) in [6, 6.07) is 8.23. The first-order valence-corrected chi connectivity index (χ1v) is 10.6. The molecule has 1 aromatic carbocycles. The summed E-state index contributed by atoms with van der Waals surface area (Å²) < 4.78 is 45.3. The van der Waals surface area contributed by atoms with Gasteiger partial charge in [0.1, 0.15) is 0 Å². The number of nitrogens with zero attached hydrogens (tertiary/aromatic N) is 1. The van der Waals surface area contributed by atoms with Crippen molar-refractivity contribution in [2.45, 2.75) is 63.8 Å². The Morgan fingerprint density at radius 1 is 1.14 bits per heavy atom. The minimum atomic E-state index is -4.11. The van der Waals surface area contributed by atoms with Gasteiger partial charge in [-0.25, -0.2) is 0 Å². The first-order valence-electron chi connectivity index (χ1n) is 10.6. The quantitative estimate of drug-likeness (QED) is 0.555. The monoisotopic (exact) mass is 411 g/mol. The Hall–Kier alpha value is -1.76. The molecular weight excluding hydrogens is 379 g/mol. The molecule has 0 bridgehead atoms. The van der Waals surface area contributed by atoms with Gasteiger partial charge in [0.25, 0.3) is 0 Å². The predicted octanol–water partition coefficient (Wildman–Crippen LogP) is 4.75. The molecule has 1 aliphatic carbocycles. The van der Waals surface area contributed by atoms with Crippen molar-refractivity contribution < 1.29 is 17.9 Å². The second-order valence-electron chi connectivity index (χ2n) is 8.30. The molecule has 4 atom stereocenters. The molecule has 4 nitrogen and oxygen atoms in total. The molecule has 7 heteroatoms. The van der Waals surface area contributed by atoms with Crippen molar-refractivity contribution in [1.29, 1.82) is 0 Å². The van der Waals surface area contributed by atoms with E-state index in [9.17, 15) is 13.2 Å². The van der Waals surface area contributed by atoms with Gasteiger partial charge in [0.2, 0.25) is 0 Å². The Balaban J connectivity index is 1.55. The van der Waals surface area contributed by atoms with Crippen molar-refractivity contribution in [3.63, 3.8) is 0 Å². The van der Waals surface area contributed by atoms with Gasteiger partial charge in [-0.05, 0) is 44.6 Å². The summed E-state index contributed by atoms with van der Waals surface area (Å²) in [5.74, 6) is -0.352. The van der Waals surface area contributed by atoms with Crippen LogP contribution < -0.4 is 10.6 Å². The molecule has 0 aromatic heterocycles. The fourth-order valence-electron chi connectivity index (χ4n) is 4.41. The van der Waals surface area contributed by atoms with Crippen LogP contribution in [-0.4, -0.2) is 38.4 Å². The van der Waals surface area contributed by atoms with Gasteiger partial charge in [-0.2, -0.15) is 13.2 Å². The van der Waals surface area contributed by atoms with E-state index in [4.69, 9.17) is 4.74 Å². The maximum absolute atomic E-state index is 13.1. The smallest absolute Gasteiger partial charge is 0.373 e. The Kier molecular flexibility index (Phi) is 7.44. The van der Waals surface area contributed by atoms with Gasteiger partial charge in [-0.1, -0.05) is 36.2 Å². The van der Waals surface area contributed by atoms with E-state index in [2.05, 4.69) is 46.8 Å². The first-order chi connectivity index (χ1) is 13.9.